The van der Waals surface area contributed by atoms with Gasteiger partial charge in [-0.15, -0.1) is 0 Å². The van der Waals surface area contributed by atoms with E-state index in [0.717, 1.165) is 16.8 Å². The van der Waals surface area contributed by atoms with Gasteiger partial charge < -0.3 is 14.7 Å². The molecular weight excluding hydrogens is 278 g/mol. The van der Waals surface area contributed by atoms with Crippen LogP contribution in [0.15, 0.2) is 48.5 Å². The van der Waals surface area contributed by atoms with Crippen LogP contribution in [0, 0.1) is 6.92 Å². The molecule has 0 heterocycles. The summed E-state index contributed by atoms with van der Waals surface area (Å²) in [6.07, 6.45) is 0. The van der Waals surface area contributed by atoms with Crippen molar-refractivity contribution < 1.29 is 14.6 Å². The quantitative estimate of drug-likeness (QED) is 0.884. The Kier molecular flexibility index (Phi) is 5.04. The molecule has 4 heteroatoms. The number of rotatable bonds is 6. The molecule has 2 rings (SSSR count). The minimum absolute atomic E-state index is 0.604. The Morgan fingerprint density at radius 1 is 1.23 bits per heavy atom. The number of carboxylic acid groups (broad SMARTS) is 1. The molecule has 0 amide bonds. The van der Waals surface area contributed by atoms with Gasteiger partial charge in [0.15, 0.2) is 6.04 Å². The maximum atomic E-state index is 11.8. The Balaban J connectivity index is 2.41. The Morgan fingerprint density at radius 3 is 2.41 bits per heavy atom. The van der Waals surface area contributed by atoms with Gasteiger partial charge in [-0.25, -0.2) is 4.79 Å². The molecule has 0 aliphatic rings. The molecule has 0 aliphatic heterocycles. The lowest BCUT2D eigenvalue weighted by atomic mass is 10.0. The third kappa shape index (κ3) is 3.39. The van der Waals surface area contributed by atoms with Gasteiger partial charge in [0.05, 0.1) is 7.11 Å². The molecule has 0 saturated carbocycles. The summed E-state index contributed by atoms with van der Waals surface area (Å²) in [5.74, 6) is -0.153. The van der Waals surface area contributed by atoms with E-state index in [1.165, 1.54) is 0 Å². The Hall–Kier alpha value is -2.49. The molecule has 0 spiro atoms. The number of carboxylic acids is 1. The highest BCUT2D eigenvalue weighted by Crippen LogP contribution is 2.29. The second-order valence-electron chi connectivity index (χ2n) is 5.14. The highest BCUT2D eigenvalue weighted by atomic mass is 16.5. The molecule has 4 nitrogen and oxygen atoms in total. The minimum Gasteiger partial charge on any atom is -0.497 e. The molecular formula is C18H21NO3. The van der Waals surface area contributed by atoms with Crippen LogP contribution in [0.2, 0.25) is 0 Å². The largest absolute Gasteiger partial charge is 0.497 e. The van der Waals surface area contributed by atoms with Crippen molar-refractivity contribution in [2.45, 2.75) is 19.9 Å². The summed E-state index contributed by atoms with van der Waals surface area (Å²) in [5, 5.41) is 9.71. The van der Waals surface area contributed by atoms with Gasteiger partial charge in [0, 0.05) is 12.2 Å². The van der Waals surface area contributed by atoms with E-state index < -0.39 is 12.0 Å². The van der Waals surface area contributed by atoms with Gasteiger partial charge in [-0.2, -0.15) is 0 Å². The summed E-state index contributed by atoms with van der Waals surface area (Å²) in [6.45, 7) is 4.56. The van der Waals surface area contributed by atoms with Gasteiger partial charge in [0.2, 0.25) is 0 Å². The van der Waals surface area contributed by atoms with E-state index in [2.05, 4.69) is 0 Å². The van der Waals surface area contributed by atoms with E-state index in [9.17, 15) is 9.90 Å². The maximum absolute atomic E-state index is 11.8. The van der Waals surface area contributed by atoms with Crippen LogP contribution in [0.25, 0.3) is 0 Å². The molecule has 1 unspecified atom stereocenters. The number of anilines is 1. The fourth-order valence-corrected chi connectivity index (χ4v) is 2.56. The molecule has 22 heavy (non-hydrogen) atoms. The number of hydrogen-bond donors (Lipinski definition) is 1. The normalized spacial score (nSPS) is 11.8. The van der Waals surface area contributed by atoms with Crippen LogP contribution in [-0.4, -0.2) is 24.7 Å². The molecule has 0 fully saturated rings. The predicted octanol–water partition coefficient (Wildman–Crippen LogP) is 3.66. The first-order chi connectivity index (χ1) is 10.6. The predicted molar refractivity (Wildman–Crippen MR) is 87.6 cm³/mol. The number of hydrogen-bond acceptors (Lipinski definition) is 3. The second-order valence-corrected chi connectivity index (χ2v) is 5.14. The maximum Gasteiger partial charge on any atom is 0.331 e. The summed E-state index contributed by atoms with van der Waals surface area (Å²) in [6, 6.07) is 14.3. The number of methoxy groups -OCH3 is 1. The van der Waals surface area contributed by atoms with Crippen molar-refractivity contribution in [1.82, 2.24) is 0 Å². The third-order valence-corrected chi connectivity index (χ3v) is 3.65. The standard InChI is InChI=1S/C18H21NO3/c1-4-19(15-7-5-6-13(2)12-15)17(18(20)21)14-8-10-16(22-3)11-9-14/h5-12,17H,4H2,1-3H3,(H,20,21). The number of nitrogens with zero attached hydrogens (tertiary/aromatic N) is 1. The zero-order chi connectivity index (χ0) is 16.1. The highest BCUT2D eigenvalue weighted by Gasteiger charge is 2.26. The topological polar surface area (TPSA) is 49.8 Å². The van der Waals surface area contributed by atoms with Crippen LogP contribution < -0.4 is 9.64 Å². The Morgan fingerprint density at radius 2 is 1.91 bits per heavy atom. The third-order valence-electron chi connectivity index (χ3n) is 3.65. The van der Waals surface area contributed by atoms with Crippen LogP contribution in [0.1, 0.15) is 24.1 Å². The van der Waals surface area contributed by atoms with E-state index >= 15 is 0 Å². The van der Waals surface area contributed by atoms with Crippen LogP contribution in [0.4, 0.5) is 5.69 Å². The van der Waals surface area contributed by atoms with Gasteiger partial charge in [-0.05, 0) is 49.2 Å². The highest BCUT2D eigenvalue weighted by molar-refractivity contribution is 5.80. The van der Waals surface area contributed by atoms with Crippen molar-refractivity contribution in [3.63, 3.8) is 0 Å². The van der Waals surface area contributed by atoms with E-state index in [0.29, 0.717) is 12.3 Å². The molecule has 0 aromatic heterocycles. The molecule has 0 aliphatic carbocycles. The first-order valence-corrected chi connectivity index (χ1v) is 7.27. The van der Waals surface area contributed by atoms with Crippen molar-refractivity contribution in [3.8, 4) is 5.75 Å². The zero-order valence-electron chi connectivity index (χ0n) is 13.1. The summed E-state index contributed by atoms with van der Waals surface area (Å²) < 4.78 is 5.14. The van der Waals surface area contributed by atoms with E-state index in [1.807, 2.05) is 43.0 Å². The van der Waals surface area contributed by atoms with Crippen LogP contribution >= 0.6 is 0 Å². The van der Waals surface area contributed by atoms with Crippen molar-refractivity contribution in [2.24, 2.45) is 0 Å². The smallest absolute Gasteiger partial charge is 0.331 e. The van der Waals surface area contributed by atoms with Crippen molar-refractivity contribution in [3.05, 3.63) is 59.7 Å². The minimum atomic E-state index is -0.867. The summed E-state index contributed by atoms with van der Waals surface area (Å²) in [7, 11) is 1.59. The van der Waals surface area contributed by atoms with Gasteiger partial charge in [-0.1, -0.05) is 24.3 Å². The number of aliphatic carboxylic acids is 1. The number of likely N-dealkylation sites (N-methyl/N-ethyl adjacent to an activating group) is 1. The fraction of sp³-hybridized carbons (Fsp3) is 0.278. The first kappa shape index (κ1) is 15.9. The Bertz CT molecular complexity index is 637. The molecule has 1 atom stereocenters. The van der Waals surface area contributed by atoms with Crippen molar-refractivity contribution in [2.75, 3.05) is 18.6 Å². The fourth-order valence-electron chi connectivity index (χ4n) is 2.56. The monoisotopic (exact) mass is 299 g/mol. The van der Waals surface area contributed by atoms with Gasteiger partial charge >= 0.3 is 5.97 Å². The number of carbonyl (C=O) groups is 1. The lowest BCUT2D eigenvalue weighted by Gasteiger charge is -2.30. The molecule has 2 aromatic carbocycles. The zero-order valence-corrected chi connectivity index (χ0v) is 13.1. The average Bonchev–Trinajstić information content (AvgIpc) is 2.52. The van der Waals surface area contributed by atoms with Crippen molar-refractivity contribution in [1.29, 1.82) is 0 Å². The average molecular weight is 299 g/mol. The molecule has 116 valence electrons. The van der Waals surface area contributed by atoms with E-state index in [1.54, 1.807) is 31.4 Å². The number of benzene rings is 2. The number of aryl methyl sites for hydroxylation is 1. The van der Waals surface area contributed by atoms with Crippen LogP contribution in [0.5, 0.6) is 5.75 Å². The summed E-state index contributed by atoms with van der Waals surface area (Å²) in [4.78, 5) is 13.7. The lowest BCUT2D eigenvalue weighted by molar-refractivity contribution is -0.138. The second kappa shape index (κ2) is 6.98. The molecule has 0 radical (unpaired) electrons. The lowest BCUT2D eigenvalue weighted by Crippen LogP contribution is -2.34. The van der Waals surface area contributed by atoms with Gasteiger partial charge in [-0.3, -0.25) is 0 Å². The molecule has 0 bridgehead atoms. The molecule has 1 N–H and O–H groups in total. The molecule has 0 saturated heterocycles. The van der Waals surface area contributed by atoms with Gasteiger partial charge in [0.25, 0.3) is 0 Å². The van der Waals surface area contributed by atoms with E-state index in [-0.39, 0.29) is 0 Å². The molecule has 2 aromatic rings. The van der Waals surface area contributed by atoms with E-state index in [4.69, 9.17) is 4.74 Å². The first-order valence-electron chi connectivity index (χ1n) is 7.27. The summed E-state index contributed by atoms with van der Waals surface area (Å²) in [5.41, 5.74) is 2.75. The summed E-state index contributed by atoms with van der Waals surface area (Å²) >= 11 is 0. The van der Waals surface area contributed by atoms with Crippen LogP contribution in [0.3, 0.4) is 0 Å². The van der Waals surface area contributed by atoms with Crippen molar-refractivity contribution >= 4 is 11.7 Å². The SMILES string of the molecule is CCN(c1cccc(C)c1)C(C(=O)O)c1ccc(OC)cc1. The van der Waals surface area contributed by atoms with Gasteiger partial charge in [0.1, 0.15) is 5.75 Å². The number of ether oxygens (including phenoxy) is 1. The van der Waals surface area contributed by atoms with Crippen LogP contribution in [-0.2, 0) is 4.79 Å². The Labute approximate surface area is 131 Å².